The van der Waals surface area contributed by atoms with Crippen molar-refractivity contribution in [3.05, 3.63) is 65.2 Å². The number of benzene rings is 2. The first-order chi connectivity index (χ1) is 11.8. The lowest BCUT2D eigenvalue weighted by Gasteiger charge is -2.13. The fraction of sp³-hybridized carbons (Fsp3) is 0.118. The number of nitrogens with zero attached hydrogens (tertiary/aromatic N) is 1. The number of rotatable bonds is 3. The highest BCUT2D eigenvalue weighted by molar-refractivity contribution is 6.22. The summed E-state index contributed by atoms with van der Waals surface area (Å²) in [6.45, 7) is -0.692. The Labute approximate surface area is 139 Å². The van der Waals surface area contributed by atoms with E-state index in [-0.39, 0.29) is 16.9 Å². The van der Waals surface area contributed by atoms with E-state index in [1.807, 2.05) is 0 Å². The predicted octanol–water partition coefficient (Wildman–Crippen LogP) is 2.91. The summed E-state index contributed by atoms with van der Waals surface area (Å²) in [6, 6.07) is 9.83. The van der Waals surface area contributed by atoms with Crippen molar-refractivity contribution in [3.63, 3.8) is 0 Å². The molecule has 25 heavy (non-hydrogen) atoms. The summed E-state index contributed by atoms with van der Waals surface area (Å²) in [4.78, 5) is 36.9. The number of carbonyl (C=O) groups excluding carboxylic acids is 3. The number of ether oxygens (including phenoxy) is 1. The van der Waals surface area contributed by atoms with Gasteiger partial charge in [0.05, 0.1) is 16.7 Å². The van der Waals surface area contributed by atoms with Gasteiger partial charge in [-0.1, -0.05) is 18.2 Å². The second-order valence-corrected chi connectivity index (χ2v) is 5.24. The molecule has 5 nitrogen and oxygen atoms in total. The third-order valence-corrected chi connectivity index (χ3v) is 3.56. The van der Waals surface area contributed by atoms with Crippen LogP contribution in [0.1, 0.15) is 26.3 Å². The summed E-state index contributed by atoms with van der Waals surface area (Å²) in [5.41, 5.74) is -0.641. The standard InChI is InChI=1S/C17H10F3NO4/c18-17(19,20)10-4-3-5-11(8-10)25-14(22)9-21-15(23)12-6-1-2-7-13(12)16(21)24/h1-8H,9H2. The topological polar surface area (TPSA) is 63.7 Å². The number of imide groups is 1. The van der Waals surface area contributed by atoms with Crippen LogP contribution >= 0.6 is 0 Å². The van der Waals surface area contributed by atoms with Crippen molar-refractivity contribution in [2.45, 2.75) is 6.18 Å². The van der Waals surface area contributed by atoms with Crippen LogP contribution in [-0.4, -0.2) is 29.2 Å². The molecule has 8 heteroatoms. The van der Waals surface area contributed by atoms with Gasteiger partial charge in [-0.2, -0.15) is 13.2 Å². The number of hydrogen-bond donors (Lipinski definition) is 0. The third kappa shape index (κ3) is 3.23. The Morgan fingerprint density at radius 2 is 1.56 bits per heavy atom. The summed E-state index contributed by atoms with van der Waals surface area (Å²) in [5.74, 6) is -2.64. The quantitative estimate of drug-likeness (QED) is 0.486. The van der Waals surface area contributed by atoms with E-state index in [9.17, 15) is 27.6 Å². The first kappa shape index (κ1) is 16.7. The van der Waals surface area contributed by atoms with E-state index in [0.29, 0.717) is 11.0 Å². The van der Waals surface area contributed by atoms with Crippen molar-refractivity contribution in [2.24, 2.45) is 0 Å². The fourth-order valence-electron chi connectivity index (χ4n) is 2.41. The molecule has 0 N–H and O–H groups in total. The number of esters is 1. The molecule has 0 aromatic heterocycles. The van der Waals surface area contributed by atoms with Gasteiger partial charge in [0.1, 0.15) is 12.3 Å². The van der Waals surface area contributed by atoms with Gasteiger partial charge in [-0.15, -0.1) is 0 Å². The van der Waals surface area contributed by atoms with Crippen LogP contribution in [0.25, 0.3) is 0 Å². The van der Waals surface area contributed by atoms with Crippen LogP contribution in [-0.2, 0) is 11.0 Å². The fourth-order valence-corrected chi connectivity index (χ4v) is 2.41. The number of amides is 2. The van der Waals surface area contributed by atoms with Gasteiger partial charge in [-0.05, 0) is 30.3 Å². The van der Waals surface area contributed by atoms with E-state index in [4.69, 9.17) is 4.74 Å². The molecule has 0 bridgehead atoms. The Morgan fingerprint density at radius 1 is 0.960 bits per heavy atom. The highest BCUT2D eigenvalue weighted by Crippen LogP contribution is 2.31. The SMILES string of the molecule is O=C(CN1C(=O)c2ccccc2C1=O)Oc1cccc(C(F)(F)F)c1. The maximum absolute atomic E-state index is 12.6. The van der Waals surface area contributed by atoms with Crippen LogP contribution in [0.3, 0.4) is 0 Å². The predicted molar refractivity (Wildman–Crippen MR) is 78.9 cm³/mol. The molecule has 1 aliphatic heterocycles. The van der Waals surface area contributed by atoms with Crippen molar-refractivity contribution >= 4 is 17.8 Å². The molecule has 0 atom stereocenters. The molecule has 0 radical (unpaired) electrons. The molecular formula is C17H10F3NO4. The van der Waals surface area contributed by atoms with Gasteiger partial charge < -0.3 is 4.74 Å². The average molecular weight is 349 g/mol. The van der Waals surface area contributed by atoms with Crippen molar-refractivity contribution < 1.29 is 32.3 Å². The van der Waals surface area contributed by atoms with Gasteiger partial charge >= 0.3 is 12.1 Å². The Bertz CT molecular complexity index is 841. The van der Waals surface area contributed by atoms with Gasteiger partial charge in [0.2, 0.25) is 0 Å². The van der Waals surface area contributed by atoms with E-state index in [2.05, 4.69) is 0 Å². The summed E-state index contributed by atoms with van der Waals surface area (Å²) in [5, 5.41) is 0. The molecule has 0 saturated carbocycles. The number of hydrogen-bond acceptors (Lipinski definition) is 4. The minimum Gasteiger partial charge on any atom is -0.425 e. The lowest BCUT2D eigenvalue weighted by Crippen LogP contribution is -2.36. The van der Waals surface area contributed by atoms with Crippen molar-refractivity contribution in [2.75, 3.05) is 6.54 Å². The molecule has 0 fully saturated rings. The molecule has 0 unspecified atom stereocenters. The van der Waals surface area contributed by atoms with Crippen LogP contribution in [0, 0.1) is 0 Å². The summed E-state index contributed by atoms with van der Waals surface area (Å²) < 4.78 is 42.8. The molecule has 2 aromatic rings. The highest BCUT2D eigenvalue weighted by atomic mass is 19.4. The summed E-state index contributed by atoms with van der Waals surface area (Å²) >= 11 is 0. The number of alkyl halides is 3. The second kappa shape index (κ2) is 6.04. The van der Waals surface area contributed by atoms with Gasteiger partial charge in [0.15, 0.2) is 0 Å². The second-order valence-electron chi connectivity index (χ2n) is 5.24. The van der Waals surface area contributed by atoms with E-state index >= 15 is 0 Å². The molecule has 3 rings (SSSR count). The molecule has 128 valence electrons. The Morgan fingerprint density at radius 3 is 2.12 bits per heavy atom. The Balaban J connectivity index is 1.72. The first-order valence-electron chi connectivity index (χ1n) is 7.10. The van der Waals surface area contributed by atoms with Crippen molar-refractivity contribution in [1.29, 1.82) is 0 Å². The smallest absolute Gasteiger partial charge is 0.416 e. The number of fused-ring (bicyclic) bond motifs is 1. The minimum atomic E-state index is -4.58. The maximum atomic E-state index is 12.6. The van der Waals surface area contributed by atoms with Crippen molar-refractivity contribution in [1.82, 2.24) is 4.90 Å². The molecule has 2 amide bonds. The Hall–Kier alpha value is -3.16. The average Bonchev–Trinajstić information content (AvgIpc) is 2.80. The lowest BCUT2D eigenvalue weighted by molar-refractivity contribution is -0.139. The molecule has 1 heterocycles. The number of carbonyl (C=O) groups is 3. The third-order valence-electron chi connectivity index (χ3n) is 3.56. The molecule has 2 aromatic carbocycles. The normalized spacial score (nSPS) is 13.8. The van der Waals surface area contributed by atoms with Gasteiger partial charge in [-0.3, -0.25) is 14.5 Å². The minimum absolute atomic E-state index is 0.166. The van der Waals surface area contributed by atoms with Crippen LogP contribution < -0.4 is 4.74 Å². The van der Waals surface area contributed by atoms with Crippen LogP contribution in [0.4, 0.5) is 13.2 Å². The van der Waals surface area contributed by atoms with Crippen molar-refractivity contribution in [3.8, 4) is 5.75 Å². The molecule has 0 aliphatic carbocycles. The molecule has 1 aliphatic rings. The Kier molecular flexibility index (Phi) is 4.03. The van der Waals surface area contributed by atoms with Gasteiger partial charge in [-0.25, -0.2) is 4.79 Å². The maximum Gasteiger partial charge on any atom is 0.416 e. The zero-order chi connectivity index (χ0) is 18.2. The summed E-state index contributed by atoms with van der Waals surface area (Å²) in [6.07, 6.45) is -4.58. The monoisotopic (exact) mass is 349 g/mol. The molecule has 0 saturated heterocycles. The zero-order valence-electron chi connectivity index (χ0n) is 12.5. The highest BCUT2D eigenvalue weighted by Gasteiger charge is 2.37. The zero-order valence-corrected chi connectivity index (χ0v) is 12.5. The van der Waals surface area contributed by atoms with E-state index in [0.717, 1.165) is 12.1 Å². The largest absolute Gasteiger partial charge is 0.425 e. The van der Waals surface area contributed by atoms with Crippen LogP contribution in [0.2, 0.25) is 0 Å². The van der Waals surface area contributed by atoms with Crippen LogP contribution in [0.15, 0.2) is 48.5 Å². The van der Waals surface area contributed by atoms with Gasteiger partial charge in [0, 0.05) is 0 Å². The first-order valence-corrected chi connectivity index (χ1v) is 7.10. The lowest BCUT2D eigenvalue weighted by atomic mass is 10.1. The summed E-state index contributed by atoms with van der Waals surface area (Å²) in [7, 11) is 0. The van der Waals surface area contributed by atoms with E-state index in [1.165, 1.54) is 18.2 Å². The van der Waals surface area contributed by atoms with Crippen LogP contribution in [0.5, 0.6) is 5.75 Å². The van der Waals surface area contributed by atoms with E-state index in [1.54, 1.807) is 12.1 Å². The number of halogens is 3. The van der Waals surface area contributed by atoms with Gasteiger partial charge in [0.25, 0.3) is 11.8 Å². The van der Waals surface area contributed by atoms with E-state index < -0.39 is 36.1 Å². The molecule has 0 spiro atoms. The molecular weight excluding hydrogens is 339 g/mol.